The number of benzene rings is 2. The van der Waals surface area contributed by atoms with E-state index in [1.54, 1.807) is 12.4 Å². The molecule has 1 aromatic heterocycles. The van der Waals surface area contributed by atoms with E-state index in [1.165, 1.54) is 0 Å². The smallest absolute Gasteiger partial charge is 0.252 e. The molecule has 0 radical (unpaired) electrons. The minimum absolute atomic E-state index is 0.0913. The number of aryl methyl sites for hydroxylation is 1. The molecule has 0 unspecified atom stereocenters. The van der Waals surface area contributed by atoms with Crippen molar-refractivity contribution in [3.63, 3.8) is 0 Å². The summed E-state index contributed by atoms with van der Waals surface area (Å²) in [7, 11) is 0. The Bertz CT molecular complexity index is 746. The molecule has 0 spiro atoms. The van der Waals surface area contributed by atoms with Crippen LogP contribution in [-0.2, 0) is 0 Å². The highest BCUT2D eigenvalue weighted by Crippen LogP contribution is 2.21. The van der Waals surface area contributed by atoms with Gasteiger partial charge in [-0.05, 0) is 36.2 Å². The first-order valence-corrected chi connectivity index (χ1v) is 7.56. The monoisotopic (exact) mass is 302 g/mol. The van der Waals surface area contributed by atoms with Crippen molar-refractivity contribution in [1.82, 2.24) is 10.3 Å². The molecule has 3 aromatic rings. The zero-order valence-electron chi connectivity index (χ0n) is 12.9. The molecule has 0 aliphatic heterocycles. The Labute approximate surface area is 136 Å². The second kappa shape index (κ2) is 6.88. The fourth-order valence-corrected chi connectivity index (χ4v) is 2.55. The summed E-state index contributed by atoms with van der Waals surface area (Å²) in [5, 5.41) is 3.11. The number of nitrogens with zero attached hydrogens (tertiary/aromatic N) is 1. The average molecular weight is 302 g/mol. The van der Waals surface area contributed by atoms with E-state index in [-0.39, 0.29) is 11.9 Å². The van der Waals surface area contributed by atoms with Gasteiger partial charge in [-0.25, -0.2) is 0 Å². The first-order valence-electron chi connectivity index (χ1n) is 7.56. The Morgan fingerprint density at radius 1 is 0.957 bits per heavy atom. The maximum absolute atomic E-state index is 12.6. The van der Waals surface area contributed by atoms with Crippen LogP contribution in [0.4, 0.5) is 0 Å². The highest BCUT2D eigenvalue weighted by atomic mass is 16.1. The molecule has 1 atom stereocenters. The highest BCUT2D eigenvalue weighted by Gasteiger charge is 2.17. The van der Waals surface area contributed by atoms with Crippen LogP contribution in [-0.4, -0.2) is 10.9 Å². The van der Waals surface area contributed by atoms with E-state index >= 15 is 0 Å². The van der Waals surface area contributed by atoms with Crippen molar-refractivity contribution in [2.24, 2.45) is 0 Å². The Balaban J connectivity index is 1.92. The number of nitrogens with one attached hydrogen (secondary N) is 1. The van der Waals surface area contributed by atoms with E-state index in [0.29, 0.717) is 5.56 Å². The first kappa shape index (κ1) is 15.0. The average Bonchev–Trinajstić information content (AvgIpc) is 2.61. The van der Waals surface area contributed by atoms with Gasteiger partial charge in [0.05, 0.1) is 6.04 Å². The minimum atomic E-state index is -0.224. The number of rotatable bonds is 4. The van der Waals surface area contributed by atoms with E-state index in [1.807, 2.05) is 73.7 Å². The Hall–Kier alpha value is -2.94. The molecule has 0 saturated heterocycles. The number of aromatic nitrogens is 1. The Morgan fingerprint density at radius 3 is 2.43 bits per heavy atom. The van der Waals surface area contributed by atoms with Gasteiger partial charge in [0, 0.05) is 18.0 Å². The Morgan fingerprint density at radius 2 is 1.74 bits per heavy atom. The predicted octanol–water partition coefficient (Wildman–Crippen LogP) is 3.91. The van der Waals surface area contributed by atoms with E-state index in [9.17, 15) is 4.79 Å². The topological polar surface area (TPSA) is 42.0 Å². The molecule has 0 aliphatic rings. The summed E-state index contributed by atoms with van der Waals surface area (Å²) in [5.41, 5.74) is 3.71. The number of pyridine rings is 1. The van der Waals surface area contributed by atoms with Gasteiger partial charge in [-0.3, -0.25) is 9.78 Å². The third-order valence-electron chi connectivity index (χ3n) is 3.71. The van der Waals surface area contributed by atoms with Crippen LogP contribution < -0.4 is 5.32 Å². The van der Waals surface area contributed by atoms with Gasteiger partial charge in [0.1, 0.15) is 0 Å². The number of hydrogen-bond donors (Lipinski definition) is 1. The standard InChI is InChI=1S/C20H18N2O/c1-15-7-5-10-17(13-15)20(23)22-19(16-8-3-2-4-9-16)18-11-6-12-21-14-18/h2-14,19H,1H3,(H,22,23)/t19-/m0/s1. The SMILES string of the molecule is Cc1cccc(C(=O)N[C@@H](c2ccccc2)c2cccnc2)c1. The van der Waals surface area contributed by atoms with Gasteiger partial charge in [0.2, 0.25) is 0 Å². The van der Waals surface area contributed by atoms with Crippen molar-refractivity contribution in [2.45, 2.75) is 13.0 Å². The van der Waals surface area contributed by atoms with Gasteiger partial charge in [0.15, 0.2) is 0 Å². The Kier molecular flexibility index (Phi) is 4.48. The molecule has 0 bridgehead atoms. The molecule has 2 aromatic carbocycles. The van der Waals surface area contributed by atoms with Gasteiger partial charge < -0.3 is 5.32 Å². The van der Waals surface area contributed by atoms with Gasteiger partial charge in [-0.15, -0.1) is 0 Å². The van der Waals surface area contributed by atoms with Gasteiger partial charge >= 0.3 is 0 Å². The molecule has 0 aliphatic carbocycles. The summed E-state index contributed by atoms with van der Waals surface area (Å²) in [4.78, 5) is 16.8. The van der Waals surface area contributed by atoms with Gasteiger partial charge in [0.25, 0.3) is 5.91 Å². The van der Waals surface area contributed by atoms with E-state index in [4.69, 9.17) is 0 Å². The maximum Gasteiger partial charge on any atom is 0.252 e. The zero-order chi connectivity index (χ0) is 16.1. The van der Waals surface area contributed by atoms with Crippen molar-refractivity contribution in [1.29, 1.82) is 0 Å². The molecule has 3 heteroatoms. The van der Waals surface area contributed by atoms with Crippen LogP contribution in [0.15, 0.2) is 79.1 Å². The molecule has 3 nitrogen and oxygen atoms in total. The third-order valence-corrected chi connectivity index (χ3v) is 3.71. The number of amides is 1. The molecule has 0 fully saturated rings. The molecule has 3 rings (SSSR count). The second-order valence-electron chi connectivity index (χ2n) is 5.47. The summed E-state index contributed by atoms with van der Waals surface area (Å²) in [6, 6.07) is 21.1. The van der Waals surface area contributed by atoms with Crippen LogP contribution >= 0.6 is 0 Å². The summed E-state index contributed by atoms with van der Waals surface area (Å²) in [5.74, 6) is -0.0913. The molecule has 1 amide bonds. The molecular weight excluding hydrogens is 284 g/mol. The van der Waals surface area contributed by atoms with E-state index in [2.05, 4.69) is 10.3 Å². The largest absolute Gasteiger partial charge is 0.341 e. The summed E-state index contributed by atoms with van der Waals surface area (Å²) >= 11 is 0. The van der Waals surface area contributed by atoms with Crippen LogP contribution in [0.25, 0.3) is 0 Å². The molecule has 114 valence electrons. The number of carbonyl (C=O) groups excluding carboxylic acids is 1. The quantitative estimate of drug-likeness (QED) is 0.794. The summed E-state index contributed by atoms with van der Waals surface area (Å²) in [6.45, 7) is 1.98. The molecule has 1 N–H and O–H groups in total. The summed E-state index contributed by atoms with van der Waals surface area (Å²) in [6.07, 6.45) is 3.52. The van der Waals surface area contributed by atoms with Crippen molar-refractivity contribution in [2.75, 3.05) is 0 Å². The lowest BCUT2D eigenvalue weighted by Crippen LogP contribution is -2.29. The van der Waals surface area contributed by atoms with Gasteiger partial charge in [-0.1, -0.05) is 54.1 Å². The van der Waals surface area contributed by atoms with Crippen LogP contribution in [0.2, 0.25) is 0 Å². The molecule has 23 heavy (non-hydrogen) atoms. The fourth-order valence-electron chi connectivity index (χ4n) is 2.55. The van der Waals surface area contributed by atoms with E-state index in [0.717, 1.165) is 16.7 Å². The van der Waals surface area contributed by atoms with Crippen LogP contribution in [0.1, 0.15) is 33.1 Å². The molecule has 0 saturated carbocycles. The lowest BCUT2D eigenvalue weighted by molar-refractivity contribution is 0.0943. The highest BCUT2D eigenvalue weighted by molar-refractivity contribution is 5.94. The number of carbonyl (C=O) groups is 1. The van der Waals surface area contributed by atoms with Crippen LogP contribution in [0.3, 0.4) is 0 Å². The zero-order valence-corrected chi connectivity index (χ0v) is 12.9. The maximum atomic E-state index is 12.6. The summed E-state index contributed by atoms with van der Waals surface area (Å²) < 4.78 is 0. The second-order valence-corrected chi connectivity index (χ2v) is 5.47. The minimum Gasteiger partial charge on any atom is -0.341 e. The van der Waals surface area contributed by atoms with Crippen molar-refractivity contribution < 1.29 is 4.79 Å². The first-order chi connectivity index (χ1) is 11.2. The lowest BCUT2D eigenvalue weighted by Gasteiger charge is -2.19. The van der Waals surface area contributed by atoms with Crippen molar-refractivity contribution >= 4 is 5.91 Å². The molecule has 1 heterocycles. The van der Waals surface area contributed by atoms with Crippen molar-refractivity contribution in [3.05, 3.63) is 101 Å². The van der Waals surface area contributed by atoms with E-state index < -0.39 is 0 Å². The van der Waals surface area contributed by atoms with Crippen molar-refractivity contribution in [3.8, 4) is 0 Å². The fraction of sp³-hybridized carbons (Fsp3) is 0.100. The third kappa shape index (κ3) is 3.64. The van der Waals surface area contributed by atoms with Crippen LogP contribution in [0.5, 0.6) is 0 Å². The van der Waals surface area contributed by atoms with Crippen LogP contribution in [0, 0.1) is 6.92 Å². The number of hydrogen-bond acceptors (Lipinski definition) is 2. The lowest BCUT2D eigenvalue weighted by atomic mass is 9.99. The predicted molar refractivity (Wildman–Crippen MR) is 91.2 cm³/mol. The molecular formula is C20H18N2O. The van der Waals surface area contributed by atoms with Gasteiger partial charge in [-0.2, -0.15) is 0 Å². The normalized spacial score (nSPS) is 11.7.